The minimum atomic E-state index is -0.355. The molecule has 0 saturated carbocycles. The molecule has 0 saturated heterocycles. The van der Waals surface area contributed by atoms with Crippen molar-refractivity contribution in [3.05, 3.63) is 33.9 Å². The number of aliphatic hydroxyl groups is 1. The van der Waals surface area contributed by atoms with Gasteiger partial charge in [0, 0.05) is 23.2 Å². The number of halogens is 2. The number of carbonyl (C=O) groups excluding carboxylic acids is 1. The molecule has 0 aliphatic carbocycles. The van der Waals surface area contributed by atoms with Crippen LogP contribution in [0.25, 0.3) is 10.1 Å². The van der Waals surface area contributed by atoms with Gasteiger partial charge in [-0.15, -0.1) is 11.3 Å². The quantitative estimate of drug-likeness (QED) is 0.942. The Labute approximate surface area is 119 Å². The number of hydrogen-bond donors (Lipinski definition) is 1. The molecule has 0 aliphatic heterocycles. The second-order valence-corrected chi connectivity index (χ2v) is 5.42. The first kappa shape index (κ1) is 14.2. The van der Waals surface area contributed by atoms with Gasteiger partial charge in [0.1, 0.15) is 10.7 Å². The summed E-state index contributed by atoms with van der Waals surface area (Å²) in [5.74, 6) is -0.588. The third-order valence-electron chi connectivity index (χ3n) is 2.82. The average molecular weight is 302 g/mol. The summed E-state index contributed by atoms with van der Waals surface area (Å²) in [6, 6.07) is 4.26. The SMILES string of the molecule is CCN(CCO)C(=O)c1sc2cc(F)ccc2c1Cl. The highest BCUT2D eigenvalue weighted by Gasteiger charge is 2.21. The molecule has 0 bridgehead atoms. The molecule has 1 N–H and O–H groups in total. The first-order chi connectivity index (χ1) is 9.08. The molecular weight excluding hydrogens is 289 g/mol. The summed E-state index contributed by atoms with van der Waals surface area (Å²) in [6.45, 7) is 2.47. The number of amides is 1. The number of likely N-dealkylation sites (N-methyl/N-ethyl adjacent to an activating group) is 1. The number of thiophene rings is 1. The summed E-state index contributed by atoms with van der Waals surface area (Å²) in [5.41, 5.74) is 0. The van der Waals surface area contributed by atoms with Crippen LogP contribution in [-0.4, -0.2) is 35.6 Å². The Morgan fingerprint density at radius 2 is 2.26 bits per heavy atom. The van der Waals surface area contributed by atoms with Crippen molar-refractivity contribution in [1.29, 1.82) is 0 Å². The summed E-state index contributed by atoms with van der Waals surface area (Å²) in [7, 11) is 0. The van der Waals surface area contributed by atoms with E-state index in [0.29, 0.717) is 26.5 Å². The Morgan fingerprint density at radius 1 is 1.53 bits per heavy atom. The number of aliphatic hydroxyl groups excluding tert-OH is 1. The second kappa shape index (κ2) is 5.86. The maximum absolute atomic E-state index is 13.2. The minimum Gasteiger partial charge on any atom is -0.395 e. The van der Waals surface area contributed by atoms with Gasteiger partial charge in [0.15, 0.2) is 0 Å². The molecule has 1 heterocycles. The van der Waals surface area contributed by atoms with Gasteiger partial charge in [-0.1, -0.05) is 11.6 Å². The highest BCUT2D eigenvalue weighted by atomic mass is 35.5. The second-order valence-electron chi connectivity index (χ2n) is 3.99. The standard InChI is InChI=1S/C13H13ClFNO2S/c1-2-16(5-6-17)13(18)12-11(14)9-4-3-8(15)7-10(9)19-12/h3-4,7,17H,2,5-6H2,1H3. The monoisotopic (exact) mass is 301 g/mol. The summed E-state index contributed by atoms with van der Waals surface area (Å²) in [5, 5.41) is 9.96. The summed E-state index contributed by atoms with van der Waals surface area (Å²) in [4.78, 5) is 14.2. The minimum absolute atomic E-state index is 0.100. The molecule has 2 rings (SSSR count). The maximum atomic E-state index is 13.2. The van der Waals surface area contributed by atoms with E-state index in [2.05, 4.69) is 0 Å². The van der Waals surface area contributed by atoms with Crippen LogP contribution in [0.2, 0.25) is 5.02 Å². The van der Waals surface area contributed by atoms with E-state index in [1.54, 1.807) is 6.07 Å². The lowest BCUT2D eigenvalue weighted by Crippen LogP contribution is -2.32. The first-order valence-electron chi connectivity index (χ1n) is 5.86. The van der Waals surface area contributed by atoms with Crippen molar-refractivity contribution in [3.8, 4) is 0 Å². The van der Waals surface area contributed by atoms with Gasteiger partial charge in [-0.05, 0) is 25.1 Å². The van der Waals surface area contributed by atoms with Crippen molar-refractivity contribution in [3.63, 3.8) is 0 Å². The molecule has 102 valence electrons. The van der Waals surface area contributed by atoms with Gasteiger partial charge in [-0.2, -0.15) is 0 Å². The lowest BCUT2D eigenvalue weighted by atomic mass is 10.2. The predicted molar refractivity (Wildman–Crippen MR) is 75.5 cm³/mol. The summed E-state index contributed by atoms with van der Waals surface area (Å²) < 4.78 is 13.8. The van der Waals surface area contributed by atoms with E-state index in [1.807, 2.05) is 6.92 Å². The van der Waals surface area contributed by atoms with Crippen molar-refractivity contribution in [2.75, 3.05) is 19.7 Å². The van der Waals surface area contributed by atoms with E-state index in [4.69, 9.17) is 16.7 Å². The summed E-state index contributed by atoms with van der Waals surface area (Å²) in [6.07, 6.45) is 0. The van der Waals surface area contributed by atoms with Crippen LogP contribution >= 0.6 is 22.9 Å². The molecule has 0 aliphatic rings. The normalized spacial score (nSPS) is 10.9. The molecule has 0 radical (unpaired) electrons. The largest absolute Gasteiger partial charge is 0.395 e. The Hall–Kier alpha value is -1.17. The number of carbonyl (C=O) groups is 1. The fraction of sp³-hybridized carbons (Fsp3) is 0.308. The van der Waals surface area contributed by atoms with Crippen LogP contribution in [0.4, 0.5) is 4.39 Å². The molecule has 19 heavy (non-hydrogen) atoms. The lowest BCUT2D eigenvalue weighted by molar-refractivity contribution is 0.0737. The molecule has 3 nitrogen and oxygen atoms in total. The van der Waals surface area contributed by atoms with Crippen LogP contribution in [0, 0.1) is 5.82 Å². The van der Waals surface area contributed by atoms with Crippen LogP contribution in [0.15, 0.2) is 18.2 Å². The van der Waals surface area contributed by atoms with E-state index in [-0.39, 0.29) is 24.9 Å². The Balaban J connectivity index is 2.44. The highest BCUT2D eigenvalue weighted by Crippen LogP contribution is 2.36. The zero-order valence-corrected chi connectivity index (χ0v) is 11.9. The number of rotatable bonds is 4. The number of hydrogen-bond acceptors (Lipinski definition) is 3. The van der Waals surface area contributed by atoms with E-state index in [9.17, 15) is 9.18 Å². The molecule has 1 aromatic carbocycles. The maximum Gasteiger partial charge on any atom is 0.265 e. The van der Waals surface area contributed by atoms with Gasteiger partial charge in [0.2, 0.25) is 0 Å². The van der Waals surface area contributed by atoms with Crippen LogP contribution in [-0.2, 0) is 0 Å². The van der Waals surface area contributed by atoms with E-state index in [1.165, 1.54) is 28.4 Å². The molecule has 6 heteroatoms. The van der Waals surface area contributed by atoms with E-state index in [0.717, 1.165) is 0 Å². The Bertz CT molecular complexity index is 614. The van der Waals surface area contributed by atoms with Crippen molar-refractivity contribution in [2.45, 2.75) is 6.92 Å². The smallest absolute Gasteiger partial charge is 0.265 e. The van der Waals surface area contributed by atoms with Crippen molar-refractivity contribution in [2.24, 2.45) is 0 Å². The third-order valence-corrected chi connectivity index (χ3v) is 4.47. The Kier molecular flexibility index (Phi) is 4.39. The van der Waals surface area contributed by atoms with Crippen LogP contribution in [0.3, 0.4) is 0 Å². The van der Waals surface area contributed by atoms with Crippen LogP contribution in [0.1, 0.15) is 16.6 Å². The zero-order valence-electron chi connectivity index (χ0n) is 10.3. The van der Waals surface area contributed by atoms with Gasteiger partial charge < -0.3 is 10.0 Å². The molecule has 0 spiro atoms. The molecule has 1 amide bonds. The molecule has 0 unspecified atom stereocenters. The average Bonchev–Trinajstić information content (AvgIpc) is 2.72. The van der Waals surface area contributed by atoms with Gasteiger partial charge in [0.05, 0.1) is 11.6 Å². The van der Waals surface area contributed by atoms with Gasteiger partial charge in [0.25, 0.3) is 5.91 Å². The number of fused-ring (bicyclic) bond motifs is 1. The fourth-order valence-corrected chi connectivity index (χ4v) is 3.35. The van der Waals surface area contributed by atoms with E-state index >= 15 is 0 Å². The third kappa shape index (κ3) is 2.73. The molecular formula is C13H13ClFNO2S. The van der Waals surface area contributed by atoms with Crippen LogP contribution in [0.5, 0.6) is 0 Å². The molecule has 1 aromatic heterocycles. The fourth-order valence-electron chi connectivity index (χ4n) is 1.84. The van der Waals surface area contributed by atoms with Crippen molar-refractivity contribution >= 4 is 38.9 Å². The van der Waals surface area contributed by atoms with Gasteiger partial charge in [-0.3, -0.25) is 4.79 Å². The number of nitrogens with zero attached hydrogens (tertiary/aromatic N) is 1. The molecule has 0 fully saturated rings. The zero-order chi connectivity index (χ0) is 14.0. The van der Waals surface area contributed by atoms with Crippen molar-refractivity contribution < 1.29 is 14.3 Å². The Morgan fingerprint density at radius 3 is 2.89 bits per heavy atom. The molecule has 0 atom stereocenters. The van der Waals surface area contributed by atoms with E-state index < -0.39 is 0 Å². The topological polar surface area (TPSA) is 40.5 Å². The highest BCUT2D eigenvalue weighted by molar-refractivity contribution is 7.21. The summed E-state index contributed by atoms with van der Waals surface area (Å²) >= 11 is 7.35. The number of benzene rings is 1. The lowest BCUT2D eigenvalue weighted by Gasteiger charge is -2.18. The van der Waals surface area contributed by atoms with Gasteiger partial charge >= 0.3 is 0 Å². The van der Waals surface area contributed by atoms with Gasteiger partial charge in [-0.25, -0.2) is 4.39 Å². The predicted octanol–water partition coefficient (Wildman–Crippen LogP) is 3.15. The van der Waals surface area contributed by atoms with Crippen molar-refractivity contribution in [1.82, 2.24) is 4.90 Å². The van der Waals surface area contributed by atoms with Crippen LogP contribution < -0.4 is 0 Å². The first-order valence-corrected chi connectivity index (χ1v) is 7.05. The molecule has 2 aromatic rings.